The van der Waals surface area contributed by atoms with Gasteiger partial charge in [-0.1, -0.05) is 19.9 Å². The van der Waals surface area contributed by atoms with Crippen LogP contribution in [0.4, 0.5) is 0 Å². The Hall–Kier alpha value is -0.0831. The zero-order chi connectivity index (χ0) is 10.3. The van der Waals surface area contributed by atoms with Gasteiger partial charge in [-0.3, -0.25) is 0 Å². The maximum absolute atomic E-state index is 5.94. The Bertz CT molecular complexity index is 141. The first-order valence-electron chi connectivity index (χ1n) is 5.25. The molecule has 0 amide bonds. The molecule has 0 heterocycles. The lowest BCUT2D eigenvalue weighted by Crippen LogP contribution is -2.34. The highest BCUT2D eigenvalue weighted by Gasteiger charge is 2.26. The molecule has 0 aliphatic rings. The normalized spacial score (nSPS) is 12.1. The molecule has 0 aromatic heterocycles. The maximum atomic E-state index is 5.94. The molecule has 0 N–H and O–H groups in total. The second-order valence-electron chi connectivity index (χ2n) is 4.39. The molecule has 0 saturated carbocycles. The van der Waals surface area contributed by atoms with Crippen molar-refractivity contribution in [1.82, 2.24) is 0 Å². The zero-order valence-corrected chi connectivity index (χ0v) is 10.6. The van der Waals surface area contributed by atoms with E-state index in [-0.39, 0.29) is 0 Å². The third kappa shape index (κ3) is 6.05. The summed E-state index contributed by atoms with van der Waals surface area (Å²) in [6.45, 7) is 13.8. The van der Waals surface area contributed by atoms with E-state index in [0.717, 1.165) is 13.0 Å². The molecular weight excluding hydrogens is 176 g/mol. The van der Waals surface area contributed by atoms with Crippen LogP contribution in [-0.4, -0.2) is 14.9 Å². The van der Waals surface area contributed by atoms with E-state index >= 15 is 0 Å². The molecule has 2 heteroatoms. The molecular formula is C11H24OSi. The molecule has 0 aromatic rings. The van der Waals surface area contributed by atoms with Crippen LogP contribution in [0.5, 0.6) is 0 Å². The molecule has 0 bridgehead atoms. The van der Waals surface area contributed by atoms with Crippen molar-refractivity contribution in [2.45, 2.75) is 51.7 Å². The molecule has 0 rings (SSSR count). The van der Waals surface area contributed by atoms with Gasteiger partial charge in [0.2, 0.25) is 0 Å². The van der Waals surface area contributed by atoms with Crippen LogP contribution in [0.15, 0.2) is 12.7 Å². The first-order valence-corrected chi connectivity index (χ1v) is 8.24. The van der Waals surface area contributed by atoms with Crippen molar-refractivity contribution in [1.29, 1.82) is 0 Å². The lowest BCUT2D eigenvalue weighted by molar-refractivity contribution is 0.291. The molecule has 78 valence electrons. The molecule has 13 heavy (non-hydrogen) atoms. The number of allylic oxidation sites excluding steroid dienone is 1. The van der Waals surface area contributed by atoms with E-state index in [0.29, 0.717) is 5.54 Å². The van der Waals surface area contributed by atoms with Crippen molar-refractivity contribution in [3.05, 3.63) is 12.7 Å². The van der Waals surface area contributed by atoms with E-state index in [9.17, 15) is 0 Å². The quantitative estimate of drug-likeness (QED) is 0.343. The lowest BCUT2D eigenvalue weighted by Gasteiger charge is -2.26. The highest BCUT2D eigenvalue weighted by Crippen LogP contribution is 2.21. The van der Waals surface area contributed by atoms with Crippen LogP contribution in [-0.2, 0) is 4.43 Å². The minimum Gasteiger partial charge on any atom is -0.417 e. The standard InChI is InChI=1S/C11H24OSi/c1-6-7-8-9-10-12-13(4,5)11(2)3/h6,11H,1,7-10H2,2-5H3. The Morgan fingerprint density at radius 1 is 1.31 bits per heavy atom. The fourth-order valence-corrected chi connectivity index (χ4v) is 1.90. The summed E-state index contributed by atoms with van der Waals surface area (Å²) in [6.07, 6.45) is 5.49. The van der Waals surface area contributed by atoms with Crippen molar-refractivity contribution in [2.24, 2.45) is 0 Å². The summed E-state index contributed by atoms with van der Waals surface area (Å²) in [5.74, 6) is 0. The minimum atomic E-state index is -1.37. The summed E-state index contributed by atoms with van der Waals surface area (Å²) >= 11 is 0. The van der Waals surface area contributed by atoms with E-state index in [1.54, 1.807) is 0 Å². The van der Waals surface area contributed by atoms with Crippen molar-refractivity contribution in [2.75, 3.05) is 6.61 Å². The van der Waals surface area contributed by atoms with Gasteiger partial charge in [0.05, 0.1) is 0 Å². The summed E-state index contributed by atoms with van der Waals surface area (Å²) < 4.78 is 5.94. The molecule has 0 saturated heterocycles. The molecule has 0 fully saturated rings. The maximum Gasteiger partial charge on any atom is 0.189 e. The fourth-order valence-electron chi connectivity index (χ4n) is 0.893. The van der Waals surface area contributed by atoms with E-state index in [1.807, 2.05) is 6.08 Å². The Labute approximate surface area is 84.3 Å². The van der Waals surface area contributed by atoms with Crippen LogP contribution in [0.1, 0.15) is 33.1 Å². The fraction of sp³-hybridized carbons (Fsp3) is 0.818. The Balaban J connectivity index is 3.46. The third-order valence-corrected chi connectivity index (χ3v) is 6.40. The SMILES string of the molecule is C=CCCCCO[Si](C)(C)C(C)C. The van der Waals surface area contributed by atoms with Gasteiger partial charge in [-0.25, -0.2) is 0 Å². The molecule has 0 radical (unpaired) electrons. The van der Waals surface area contributed by atoms with Crippen LogP contribution in [0.3, 0.4) is 0 Å². The zero-order valence-electron chi connectivity index (χ0n) is 9.60. The highest BCUT2D eigenvalue weighted by molar-refractivity contribution is 6.72. The average molecular weight is 200 g/mol. The van der Waals surface area contributed by atoms with Crippen LogP contribution in [0, 0.1) is 0 Å². The topological polar surface area (TPSA) is 9.23 Å². The molecule has 0 aromatic carbocycles. The third-order valence-electron chi connectivity index (χ3n) is 2.67. The highest BCUT2D eigenvalue weighted by atomic mass is 28.4. The van der Waals surface area contributed by atoms with Crippen molar-refractivity contribution in [3.63, 3.8) is 0 Å². The summed E-state index contributed by atoms with van der Waals surface area (Å²) in [4.78, 5) is 0. The van der Waals surface area contributed by atoms with Gasteiger partial charge in [0.25, 0.3) is 0 Å². The van der Waals surface area contributed by atoms with Crippen molar-refractivity contribution < 1.29 is 4.43 Å². The van der Waals surface area contributed by atoms with E-state index in [1.165, 1.54) is 12.8 Å². The van der Waals surface area contributed by atoms with Crippen LogP contribution in [0.25, 0.3) is 0 Å². The van der Waals surface area contributed by atoms with Gasteiger partial charge < -0.3 is 4.43 Å². The first-order chi connectivity index (χ1) is 6.00. The Morgan fingerprint density at radius 2 is 1.92 bits per heavy atom. The molecule has 0 aliphatic carbocycles. The minimum absolute atomic E-state index is 0.715. The largest absolute Gasteiger partial charge is 0.417 e. The molecule has 0 spiro atoms. The van der Waals surface area contributed by atoms with Gasteiger partial charge in [-0.05, 0) is 37.9 Å². The van der Waals surface area contributed by atoms with E-state index in [2.05, 4.69) is 33.5 Å². The Morgan fingerprint density at radius 3 is 2.38 bits per heavy atom. The van der Waals surface area contributed by atoms with Gasteiger partial charge in [0.15, 0.2) is 8.32 Å². The van der Waals surface area contributed by atoms with Crippen molar-refractivity contribution in [3.8, 4) is 0 Å². The summed E-state index contributed by atoms with van der Waals surface area (Å²) in [7, 11) is -1.37. The smallest absolute Gasteiger partial charge is 0.189 e. The van der Waals surface area contributed by atoms with Gasteiger partial charge in [0.1, 0.15) is 0 Å². The predicted octanol–water partition coefficient (Wildman–Crippen LogP) is 3.97. The number of hydrogen-bond donors (Lipinski definition) is 0. The summed E-state index contributed by atoms with van der Waals surface area (Å²) in [5.41, 5.74) is 0.715. The van der Waals surface area contributed by atoms with Crippen LogP contribution < -0.4 is 0 Å². The Kier molecular flexibility index (Phi) is 6.34. The monoisotopic (exact) mass is 200 g/mol. The molecule has 1 nitrogen and oxygen atoms in total. The molecule has 0 unspecified atom stereocenters. The van der Waals surface area contributed by atoms with Gasteiger partial charge in [0, 0.05) is 6.61 Å². The van der Waals surface area contributed by atoms with E-state index in [4.69, 9.17) is 4.43 Å². The number of unbranched alkanes of at least 4 members (excludes halogenated alkanes) is 2. The predicted molar refractivity (Wildman–Crippen MR) is 62.6 cm³/mol. The van der Waals surface area contributed by atoms with Gasteiger partial charge in [-0.2, -0.15) is 0 Å². The molecule has 0 aliphatic heterocycles. The summed E-state index contributed by atoms with van der Waals surface area (Å²) in [5, 5.41) is 0. The van der Waals surface area contributed by atoms with E-state index < -0.39 is 8.32 Å². The summed E-state index contributed by atoms with van der Waals surface area (Å²) in [6, 6.07) is 0. The average Bonchev–Trinajstić information content (AvgIpc) is 2.03. The van der Waals surface area contributed by atoms with Crippen LogP contribution in [0.2, 0.25) is 18.6 Å². The first kappa shape index (κ1) is 12.9. The second-order valence-corrected chi connectivity index (χ2v) is 9.04. The van der Waals surface area contributed by atoms with Crippen molar-refractivity contribution >= 4 is 8.32 Å². The van der Waals surface area contributed by atoms with Gasteiger partial charge >= 0.3 is 0 Å². The van der Waals surface area contributed by atoms with Gasteiger partial charge in [-0.15, -0.1) is 6.58 Å². The lowest BCUT2D eigenvalue weighted by atomic mass is 10.2. The van der Waals surface area contributed by atoms with Crippen LogP contribution >= 0.6 is 0 Å². The second kappa shape index (κ2) is 6.38. The molecule has 0 atom stereocenters. The number of hydrogen-bond acceptors (Lipinski definition) is 1. The number of rotatable bonds is 7.